The van der Waals surface area contributed by atoms with Gasteiger partial charge >= 0.3 is 0 Å². The molecule has 0 saturated carbocycles. The van der Waals surface area contributed by atoms with Crippen molar-refractivity contribution in [3.63, 3.8) is 0 Å². The molecular weight excluding hydrogens is 300 g/mol. The highest BCUT2D eigenvalue weighted by Crippen LogP contribution is 2.17. The van der Waals surface area contributed by atoms with Crippen molar-refractivity contribution < 1.29 is 9.53 Å². The van der Waals surface area contributed by atoms with E-state index in [-0.39, 0.29) is 11.9 Å². The van der Waals surface area contributed by atoms with Crippen molar-refractivity contribution in [2.75, 3.05) is 25.6 Å². The van der Waals surface area contributed by atoms with E-state index < -0.39 is 0 Å². The van der Waals surface area contributed by atoms with Gasteiger partial charge in [-0.15, -0.1) is 0 Å². The highest BCUT2D eigenvalue weighted by Gasteiger charge is 2.23. The van der Waals surface area contributed by atoms with Crippen LogP contribution in [0, 0.1) is 0 Å². The van der Waals surface area contributed by atoms with E-state index in [4.69, 9.17) is 4.74 Å². The second-order valence-corrected chi connectivity index (χ2v) is 6.18. The number of ether oxygens (including phenoxy) is 1. The van der Waals surface area contributed by atoms with Gasteiger partial charge in [0.15, 0.2) is 0 Å². The molecule has 0 aromatic heterocycles. The summed E-state index contributed by atoms with van der Waals surface area (Å²) in [4.78, 5) is 14.5. The molecule has 0 atom stereocenters. The number of carbonyl (C=O) groups is 1. The number of hydrogen-bond donors (Lipinski definition) is 1. The zero-order chi connectivity index (χ0) is 16.8. The lowest BCUT2D eigenvalue weighted by molar-refractivity contribution is 0.0362. The Balaban J connectivity index is 1.58. The van der Waals surface area contributed by atoms with Crippen LogP contribution in [0.3, 0.4) is 0 Å². The van der Waals surface area contributed by atoms with Gasteiger partial charge in [0.25, 0.3) is 5.91 Å². The van der Waals surface area contributed by atoms with E-state index >= 15 is 0 Å². The van der Waals surface area contributed by atoms with Crippen molar-refractivity contribution in [2.24, 2.45) is 0 Å². The fourth-order valence-corrected chi connectivity index (χ4v) is 2.97. The molecule has 0 radical (unpaired) electrons. The lowest BCUT2D eigenvalue weighted by atomic mass is 10.1. The van der Waals surface area contributed by atoms with Crippen LogP contribution in [-0.2, 0) is 11.3 Å². The Morgan fingerprint density at radius 3 is 2.42 bits per heavy atom. The monoisotopic (exact) mass is 324 g/mol. The quantitative estimate of drug-likeness (QED) is 0.914. The van der Waals surface area contributed by atoms with Gasteiger partial charge < -0.3 is 15.0 Å². The van der Waals surface area contributed by atoms with Crippen molar-refractivity contribution in [1.82, 2.24) is 4.90 Å². The molecule has 0 unspecified atom stereocenters. The highest BCUT2D eigenvalue weighted by atomic mass is 16.5. The predicted molar refractivity (Wildman–Crippen MR) is 96.1 cm³/mol. The van der Waals surface area contributed by atoms with E-state index in [1.165, 1.54) is 5.56 Å². The molecule has 1 saturated heterocycles. The van der Waals surface area contributed by atoms with Crippen LogP contribution < -0.4 is 5.32 Å². The van der Waals surface area contributed by atoms with Gasteiger partial charge in [0, 0.05) is 44.1 Å². The van der Waals surface area contributed by atoms with E-state index in [1.54, 1.807) is 0 Å². The first-order valence-electron chi connectivity index (χ1n) is 8.47. The number of rotatable bonds is 5. The highest BCUT2D eigenvalue weighted by molar-refractivity contribution is 5.94. The molecule has 4 nitrogen and oxygen atoms in total. The number of nitrogens with zero attached hydrogens (tertiary/aromatic N) is 1. The number of hydrogen-bond acceptors (Lipinski definition) is 3. The molecule has 1 N–H and O–H groups in total. The summed E-state index contributed by atoms with van der Waals surface area (Å²) in [6.07, 6.45) is 1.83. The van der Waals surface area contributed by atoms with Gasteiger partial charge in [-0.3, -0.25) is 4.79 Å². The van der Waals surface area contributed by atoms with E-state index in [2.05, 4.69) is 17.4 Å². The minimum atomic E-state index is 0.0801. The third kappa shape index (κ3) is 4.15. The summed E-state index contributed by atoms with van der Waals surface area (Å²) in [6.45, 7) is 2.26. The average Bonchev–Trinajstić information content (AvgIpc) is 2.67. The summed E-state index contributed by atoms with van der Waals surface area (Å²) in [5.41, 5.74) is 2.98. The van der Waals surface area contributed by atoms with Crippen LogP contribution in [0.25, 0.3) is 0 Å². The third-order valence-corrected chi connectivity index (χ3v) is 4.53. The van der Waals surface area contributed by atoms with Crippen molar-refractivity contribution in [3.05, 3.63) is 65.7 Å². The molecule has 1 aliphatic heterocycles. The summed E-state index contributed by atoms with van der Waals surface area (Å²) in [7, 11) is 1.89. The maximum atomic E-state index is 12.6. The molecule has 2 aromatic rings. The van der Waals surface area contributed by atoms with E-state index in [1.807, 2.05) is 54.4 Å². The number of carbonyl (C=O) groups excluding carboxylic acids is 1. The fraction of sp³-hybridized carbons (Fsp3) is 0.350. The maximum absolute atomic E-state index is 12.6. The van der Waals surface area contributed by atoms with E-state index in [0.29, 0.717) is 0 Å². The molecule has 1 amide bonds. The first-order chi connectivity index (χ1) is 11.7. The van der Waals surface area contributed by atoms with Gasteiger partial charge in [-0.2, -0.15) is 0 Å². The Morgan fingerprint density at radius 2 is 1.75 bits per heavy atom. The molecule has 0 spiro atoms. The van der Waals surface area contributed by atoms with Gasteiger partial charge in [0.05, 0.1) is 0 Å². The molecule has 3 rings (SSSR count). The molecule has 4 heteroatoms. The van der Waals surface area contributed by atoms with Crippen LogP contribution in [0.2, 0.25) is 0 Å². The van der Waals surface area contributed by atoms with Crippen molar-refractivity contribution in [3.8, 4) is 0 Å². The molecule has 24 heavy (non-hydrogen) atoms. The molecule has 2 aromatic carbocycles. The molecule has 1 aliphatic rings. The SMILES string of the molecule is CN(C(=O)c1ccc(NCc2ccccc2)cc1)C1CCOCC1. The maximum Gasteiger partial charge on any atom is 0.253 e. The molecule has 1 heterocycles. The largest absolute Gasteiger partial charge is 0.381 e. The minimum absolute atomic E-state index is 0.0801. The summed E-state index contributed by atoms with van der Waals surface area (Å²) in [5.74, 6) is 0.0801. The lowest BCUT2D eigenvalue weighted by Crippen LogP contribution is -2.40. The summed E-state index contributed by atoms with van der Waals surface area (Å²) in [6, 6.07) is 18.3. The number of anilines is 1. The van der Waals surface area contributed by atoms with E-state index in [0.717, 1.165) is 43.9 Å². The van der Waals surface area contributed by atoms with Gasteiger partial charge in [-0.1, -0.05) is 30.3 Å². The zero-order valence-electron chi connectivity index (χ0n) is 14.1. The van der Waals surface area contributed by atoms with E-state index in [9.17, 15) is 4.79 Å². The Hall–Kier alpha value is -2.33. The number of amides is 1. The summed E-state index contributed by atoms with van der Waals surface area (Å²) < 4.78 is 5.37. The van der Waals surface area contributed by atoms with Crippen molar-refractivity contribution in [1.29, 1.82) is 0 Å². The van der Waals surface area contributed by atoms with Gasteiger partial charge in [0.1, 0.15) is 0 Å². The Bertz CT molecular complexity index is 649. The molecule has 0 bridgehead atoms. The molecule has 0 aliphatic carbocycles. The zero-order valence-corrected chi connectivity index (χ0v) is 14.1. The van der Waals surface area contributed by atoms with Crippen molar-refractivity contribution in [2.45, 2.75) is 25.4 Å². The standard InChI is InChI=1S/C20H24N2O2/c1-22(19-11-13-24-14-12-19)20(23)17-7-9-18(10-8-17)21-15-16-5-3-2-4-6-16/h2-10,19,21H,11-15H2,1H3. The van der Waals surface area contributed by atoms with Crippen LogP contribution in [0.15, 0.2) is 54.6 Å². The van der Waals surface area contributed by atoms with Crippen LogP contribution >= 0.6 is 0 Å². The van der Waals surface area contributed by atoms with Crippen LogP contribution in [0.4, 0.5) is 5.69 Å². The minimum Gasteiger partial charge on any atom is -0.381 e. The summed E-state index contributed by atoms with van der Waals surface area (Å²) >= 11 is 0. The first kappa shape index (κ1) is 16.5. The van der Waals surface area contributed by atoms with Gasteiger partial charge in [-0.25, -0.2) is 0 Å². The van der Waals surface area contributed by atoms with Gasteiger partial charge in [0.2, 0.25) is 0 Å². The smallest absolute Gasteiger partial charge is 0.253 e. The lowest BCUT2D eigenvalue weighted by Gasteiger charge is -2.31. The van der Waals surface area contributed by atoms with Crippen LogP contribution in [0.1, 0.15) is 28.8 Å². The third-order valence-electron chi connectivity index (χ3n) is 4.53. The normalized spacial score (nSPS) is 15.0. The van der Waals surface area contributed by atoms with Crippen LogP contribution in [-0.4, -0.2) is 37.1 Å². The molecule has 126 valence electrons. The average molecular weight is 324 g/mol. The Kier molecular flexibility index (Phi) is 5.49. The molecule has 1 fully saturated rings. The fourth-order valence-electron chi connectivity index (χ4n) is 2.97. The second kappa shape index (κ2) is 7.97. The Morgan fingerprint density at radius 1 is 1.08 bits per heavy atom. The number of nitrogens with one attached hydrogen (secondary N) is 1. The second-order valence-electron chi connectivity index (χ2n) is 6.18. The van der Waals surface area contributed by atoms with Crippen LogP contribution in [0.5, 0.6) is 0 Å². The summed E-state index contributed by atoms with van der Waals surface area (Å²) in [5, 5.41) is 3.38. The molecular formula is C20H24N2O2. The van der Waals surface area contributed by atoms with Crippen molar-refractivity contribution >= 4 is 11.6 Å². The number of benzene rings is 2. The predicted octanol–water partition coefficient (Wildman–Crippen LogP) is 3.55. The van der Waals surface area contributed by atoms with Gasteiger partial charge in [-0.05, 0) is 42.7 Å². The Labute approximate surface area is 143 Å². The first-order valence-corrected chi connectivity index (χ1v) is 8.47. The topological polar surface area (TPSA) is 41.6 Å².